The molecule has 2 rings (SSSR count). The van der Waals surface area contributed by atoms with Gasteiger partial charge >= 0.3 is 0 Å². The van der Waals surface area contributed by atoms with E-state index < -0.39 is 0 Å². The van der Waals surface area contributed by atoms with Crippen molar-refractivity contribution in [3.8, 4) is 0 Å². The Morgan fingerprint density at radius 2 is 1.74 bits per heavy atom. The van der Waals surface area contributed by atoms with Crippen LogP contribution in [0.25, 0.3) is 5.57 Å². The second kappa shape index (κ2) is 7.53. The minimum Gasteiger partial charge on any atom is -0.0950 e. The first-order chi connectivity index (χ1) is 9.31. The summed E-state index contributed by atoms with van der Waals surface area (Å²) in [5.74, 6) is 1.72. The third kappa shape index (κ3) is 4.23. The molecule has 0 heteroatoms. The molecule has 0 saturated heterocycles. The molecule has 0 nitrogen and oxygen atoms in total. The van der Waals surface area contributed by atoms with Crippen LogP contribution < -0.4 is 0 Å². The molecule has 19 heavy (non-hydrogen) atoms. The Morgan fingerprint density at radius 1 is 1.05 bits per heavy atom. The number of unbranched alkanes of at least 4 members (excludes halogenated alkanes) is 2. The Labute approximate surface area is 118 Å². The van der Waals surface area contributed by atoms with E-state index in [-0.39, 0.29) is 0 Å². The van der Waals surface area contributed by atoms with Gasteiger partial charge in [-0.25, -0.2) is 0 Å². The van der Waals surface area contributed by atoms with Gasteiger partial charge in [-0.1, -0.05) is 69.5 Å². The van der Waals surface area contributed by atoms with E-state index in [4.69, 9.17) is 0 Å². The largest absolute Gasteiger partial charge is 0.0950 e. The van der Waals surface area contributed by atoms with Crippen LogP contribution in [0.15, 0.2) is 36.9 Å². The van der Waals surface area contributed by atoms with Crippen molar-refractivity contribution in [2.75, 3.05) is 0 Å². The Bertz CT molecular complexity index is 368. The van der Waals surface area contributed by atoms with Crippen LogP contribution in [0, 0.1) is 11.8 Å². The number of rotatable bonds is 6. The zero-order valence-electron chi connectivity index (χ0n) is 12.4. The quantitative estimate of drug-likeness (QED) is 0.540. The summed E-state index contributed by atoms with van der Waals surface area (Å²) in [6, 6.07) is 10.7. The predicted molar refractivity (Wildman–Crippen MR) is 85.1 cm³/mol. The van der Waals surface area contributed by atoms with Gasteiger partial charge in [0.05, 0.1) is 0 Å². The topological polar surface area (TPSA) is 0 Å². The average Bonchev–Trinajstić information content (AvgIpc) is 2.48. The number of allylic oxidation sites excluding steroid dienone is 1. The Balaban J connectivity index is 1.78. The molecule has 0 spiro atoms. The lowest BCUT2D eigenvalue weighted by molar-refractivity contribution is 0.294. The van der Waals surface area contributed by atoms with Gasteiger partial charge in [-0.05, 0) is 48.7 Å². The van der Waals surface area contributed by atoms with Crippen molar-refractivity contribution >= 4 is 5.57 Å². The van der Waals surface area contributed by atoms with Gasteiger partial charge in [0, 0.05) is 0 Å². The van der Waals surface area contributed by atoms with E-state index in [0.29, 0.717) is 0 Å². The zero-order valence-corrected chi connectivity index (χ0v) is 12.4. The highest BCUT2D eigenvalue weighted by Gasteiger charge is 2.23. The second-order valence-electron chi connectivity index (χ2n) is 6.10. The highest BCUT2D eigenvalue weighted by molar-refractivity contribution is 5.65. The minimum absolute atomic E-state index is 0.727. The molecular formula is C19H28. The highest BCUT2D eigenvalue weighted by Crippen LogP contribution is 2.38. The molecule has 0 aliphatic heterocycles. The minimum atomic E-state index is 0.727. The SMILES string of the molecule is C=C(c1ccccc1)[C@H]1CC[C@H](CCCCC)CC1. The first kappa shape index (κ1) is 14.4. The van der Waals surface area contributed by atoms with Gasteiger partial charge in [-0.2, -0.15) is 0 Å². The van der Waals surface area contributed by atoms with Gasteiger partial charge < -0.3 is 0 Å². The van der Waals surface area contributed by atoms with Gasteiger partial charge in [0.1, 0.15) is 0 Å². The number of hydrogen-bond donors (Lipinski definition) is 0. The Morgan fingerprint density at radius 3 is 2.37 bits per heavy atom. The van der Waals surface area contributed by atoms with Gasteiger partial charge in [-0.3, -0.25) is 0 Å². The monoisotopic (exact) mass is 256 g/mol. The smallest absolute Gasteiger partial charge is 0.0162 e. The van der Waals surface area contributed by atoms with E-state index in [0.717, 1.165) is 11.8 Å². The fraction of sp³-hybridized carbons (Fsp3) is 0.579. The van der Waals surface area contributed by atoms with Crippen LogP contribution in [0.3, 0.4) is 0 Å². The van der Waals surface area contributed by atoms with Gasteiger partial charge in [-0.15, -0.1) is 0 Å². The van der Waals surface area contributed by atoms with Gasteiger partial charge in [0.15, 0.2) is 0 Å². The number of hydrogen-bond acceptors (Lipinski definition) is 0. The maximum atomic E-state index is 4.35. The fourth-order valence-electron chi connectivity index (χ4n) is 3.37. The van der Waals surface area contributed by atoms with Crippen molar-refractivity contribution in [2.45, 2.75) is 58.3 Å². The summed E-state index contributed by atoms with van der Waals surface area (Å²) in [6.07, 6.45) is 11.2. The van der Waals surface area contributed by atoms with Crippen molar-refractivity contribution in [1.29, 1.82) is 0 Å². The van der Waals surface area contributed by atoms with E-state index in [1.165, 1.54) is 62.5 Å². The van der Waals surface area contributed by atoms with E-state index in [2.05, 4.69) is 43.8 Å². The van der Waals surface area contributed by atoms with Crippen LogP contribution in [-0.4, -0.2) is 0 Å². The third-order valence-corrected chi connectivity index (χ3v) is 4.70. The van der Waals surface area contributed by atoms with Crippen LogP contribution in [0.5, 0.6) is 0 Å². The molecule has 0 radical (unpaired) electrons. The van der Waals surface area contributed by atoms with E-state index in [1.54, 1.807) is 0 Å². The lowest BCUT2D eigenvalue weighted by Crippen LogP contribution is -2.15. The fourth-order valence-corrected chi connectivity index (χ4v) is 3.37. The Hall–Kier alpha value is -1.04. The summed E-state index contributed by atoms with van der Waals surface area (Å²) in [5.41, 5.74) is 2.71. The number of benzene rings is 1. The first-order valence-electron chi connectivity index (χ1n) is 8.05. The lowest BCUT2D eigenvalue weighted by Gasteiger charge is -2.30. The van der Waals surface area contributed by atoms with Crippen molar-refractivity contribution in [3.05, 3.63) is 42.5 Å². The standard InChI is InChI=1S/C19H28/c1-3-4-6-9-17-12-14-19(15-13-17)16(2)18-10-7-5-8-11-18/h5,7-8,10-11,17,19H,2-4,6,9,12-15H2,1H3/t17-,19-. The molecule has 0 bridgehead atoms. The van der Waals surface area contributed by atoms with Crippen molar-refractivity contribution in [3.63, 3.8) is 0 Å². The molecule has 1 aromatic carbocycles. The van der Waals surface area contributed by atoms with Gasteiger partial charge in [0.25, 0.3) is 0 Å². The van der Waals surface area contributed by atoms with Crippen LogP contribution in [0.1, 0.15) is 63.9 Å². The highest BCUT2D eigenvalue weighted by atomic mass is 14.3. The van der Waals surface area contributed by atoms with Crippen molar-refractivity contribution in [2.24, 2.45) is 11.8 Å². The molecule has 0 atom stereocenters. The Kier molecular flexibility index (Phi) is 5.69. The van der Waals surface area contributed by atoms with E-state index in [9.17, 15) is 0 Å². The third-order valence-electron chi connectivity index (χ3n) is 4.70. The molecule has 1 aliphatic rings. The summed E-state index contributed by atoms with van der Waals surface area (Å²) in [5, 5.41) is 0. The zero-order chi connectivity index (χ0) is 13.5. The average molecular weight is 256 g/mol. The molecule has 0 unspecified atom stereocenters. The lowest BCUT2D eigenvalue weighted by atomic mass is 9.76. The summed E-state index contributed by atoms with van der Waals surface area (Å²) in [7, 11) is 0. The maximum Gasteiger partial charge on any atom is -0.0162 e. The first-order valence-corrected chi connectivity index (χ1v) is 8.05. The molecule has 0 N–H and O–H groups in total. The molecule has 1 saturated carbocycles. The summed E-state index contributed by atoms with van der Waals surface area (Å²) < 4.78 is 0. The molecule has 1 fully saturated rings. The molecule has 104 valence electrons. The van der Waals surface area contributed by atoms with E-state index >= 15 is 0 Å². The molecule has 1 aliphatic carbocycles. The van der Waals surface area contributed by atoms with Crippen LogP contribution >= 0.6 is 0 Å². The molecule has 0 amide bonds. The van der Waals surface area contributed by atoms with Crippen LogP contribution in [0.2, 0.25) is 0 Å². The predicted octanol–water partition coefficient (Wildman–Crippen LogP) is 6.09. The van der Waals surface area contributed by atoms with Gasteiger partial charge in [0.2, 0.25) is 0 Å². The molecule has 0 aromatic heterocycles. The molecule has 1 aromatic rings. The van der Waals surface area contributed by atoms with Crippen molar-refractivity contribution < 1.29 is 0 Å². The van der Waals surface area contributed by atoms with Crippen molar-refractivity contribution in [1.82, 2.24) is 0 Å². The maximum absolute atomic E-state index is 4.35. The summed E-state index contributed by atoms with van der Waals surface area (Å²) in [4.78, 5) is 0. The molecular weight excluding hydrogens is 228 g/mol. The molecule has 0 heterocycles. The summed E-state index contributed by atoms with van der Waals surface area (Å²) >= 11 is 0. The second-order valence-corrected chi connectivity index (χ2v) is 6.10. The van der Waals surface area contributed by atoms with Crippen LogP contribution in [-0.2, 0) is 0 Å². The van der Waals surface area contributed by atoms with Crippen LogP contribution in [0.4, 0.5) is 0 Å². The normalized spacial score (nSPS) is 23.2. The van der Waals surface area contributed by atoms with E-state index in [1.807, 2.05) is 0 Å². The summed E-state index contributed by atoms with van der Waals surface area (Å²) in [6.45, 7) is 6.64.